The Balaban J connectivity index is 1.99. The number of hydrogen-bond acceptors (Lipinski definition) is 2. The Morgan fingerprint density at radius 2 is 1.73 bits per heavy atom. The molecule has 3 rings (SSSR count). The summed E-state index contributed by atoms with van der Waals surface area (Å²) in [4.78, 5) is 13.6. The lowest BCUT2D eigenvalue weighted by Crippen LogP contribution is -2.37. The van der Waals surface area contributed by atoms with E-state index >= 15 is 0 Å². The van der Waals surface area contributed by atoms with Gasteiger partial charge in [0.05, 0.1) is 12.6 Å². The lowest BCUT2D eigenvalue weighted by atomic mass is 9.92. The molecule has 114 valence electrons. The fourth-order valence-corrected chi connectivity index (χ4v) is 3.05. The van der Waals surface area contributed by atoms with E-state index in [9.17, 15) is 18.7 Å². The molecule has 1 aliphatic rings. The monoisotopic (exact) mass is 303 g/mol. The molecular formula is C17H15F2NO2. The van der Waals surface area contributed by atoms with E-state index in [2.05, 4.69) is 0 Å². The summed E-state index contributed by atoms with van der Waals surface area (Å²) in [6.45, 7) is -0.274. The minimum Gasteiger partial charge on any atom is -0.394 e. The van der Waals surface area contributed by atoms with Gasteiger partial charge in [0.15, 0.2) is 0 Å². The second-order valence-corrected chi connectivity index (χ2v) is 5.36. The average Bonchev–Trinajstić information content (AvgIpc) is 2.83. The van der Waals surface area contributed by atoms with E-state index in [-0.39, 0.29) is 30.5 Å². The summed E-state index contributed by atoms with van der Waals surface area (Å²) in [5, 5.41) is 9.70. The number of carbonyl (C=O) groups is 1. The van der Waals surface area contributed by atoms with E-state index in [0.29, 0.717) is 0 Å². The van der Waals surface area contributed by atoms with Crippen LogP contribution in [0.2, 0.25) is 0 Å². The molecule has 22 heavy (non-hydrogen) atoms. The second-order valence-electron chi connectivity index (χ2n) is 5.36. The normalized spacial score (nSPS) is 21.4. The number of aliphatic hydroxyl groups is 1. The summed E-state index contributed by atoms with van der Waals surface area (Å²) < 4.78 is 26.8. The van der Waals surface area contributed by atoms with Crippen LogP contribution in [0.4, 0.5) is 14.5 Å². The number of aliphatic hydroxyl groups excluding tert-OH is 1. The second kappa shape index (κ2) is 5.85. The molecule has 0 aromatic heterocycles. The van der Waals surface area contributed by atoms with E-state index in [4.69, 9.17) is 0 Å². The van der Waals surface area contributed by atoms with Gasteiger partial charge in [0.1, 0.15) is 11.6 Å². The van der Waals surface area contributed by atoms with Crippen LogP contribution < -0.4 is 4.90 Å². The SMILES string of the molecule is O=C1C[C@@H](c2ccccc2)[C@H](CO)N1c1cc(F)cc(F)c1. The zero-order chi connectivity index (χ0) is 15.7. The van der Waals surface area contributed by atoms with Gasteiger partial charge in [-0.05, 0) is 17.7 Å². The summed E-state index contributed by atoms with van der Waals surface area (Å²) in [7, 11) is 0. The van der Waals surface area contributed by atoms with Gasteiger partial charge in [-0.1, -0.05) is 30.3 Å². The first kappa shape index (κ1) is 14.7. The van der Waals surface area contributed by atoms with E-state index in [1.165, 1.54) is 4.90 Å². The number of anilines is 1. The minimum absolute atomic E-state index is 0.139. The number of amides is 1. The fraction of sp³-hybridized carbons (Fsp3) is 0.235. The van der Waals surface area contributed by atoms with Crippen molar-refractivity contribution in [1.29, 1.82) is 0 Å². The van der Waals surface area contributed by atoms with Crippen LogP contribution in [0.15, 0.2) is 48.5 Å². The van der Waals surface area contributed by atoms with Crippen LogP contribution in [0.1, 0.15) is 17.9 Å². The molecule has 2 atom stereocenters. The van der Waals surface area contributed by atoms with Gasteiger partial charge in [0, 0.05) is 24.1 Å². The summed E-state index contributed by atoms with van der Waals surface area (Å²) >= 11 is 0. The highest BCUT2D eigenvalue weighted by atomic mass is 19.1. The number of nitrogens with zero attached hydrogens (tertiary/aromatic N) is 1. The Bertz CT molecular complexity index is 670. The van der Waals surface area contributed by atoms with Crippen LogP contribution in [0.5, 0.6) is 0 Å². The van der Waals surface area contributed by atoms with Gasteiger partial charge in [0.25, 0.3) is 0 Å². The third kappa shape index (κ3) is 2.60. The number of halogens is 2. The Hall–Kier alpha value is -2.27. The van der Waals surface area contributed by atoms with E-state index in [1.54, 1.807) is 0 Å². The topological polar surface area (TPSA) is 40.5 Å². The standard InChI is InChI=1S/C17H15F2NO2/c18-12-6-13(19)8-14(7-12)20-16(10-21)15(9-17(20)22)11-4-2-1-3-5-11/h1-8,15-16,21H,9-10H2/t15-,16-/m0/s1. The highest BCUT2D eigenvalue weighted by Gasteiger charge is 2.41. The first-order valence-corrected chi connectivity index (χ1v) is 7.04. The molecule has 1 saturated heterocycles. The maximum absolute atomic E-state index is 13.4. The lowest BCUT2D eigenvalue weighted by molar-refractivity contribution is -0.117. The quantitative estimate of drug-likeness (QED) is 0.947. The van der Waals surface area contributed by atoms with Crippen molar-refractivity contribution in [2.75, 3.05) is 11.5 Å². The molecule has 1 heterocycles. The molecule has 0 aliphatic carbocycles. The van der Waals surface area contributed by atoms with Crippen molar-refractivity contribution in [3.8, 4) is 0 Å². The molecule has 1 N–H and O–H groups in total. The first-order chi connectivity index (χ1) is 10.6. The Morgan fingerprint density at radius 1 is 1.09 bits per heavy atom. The molecule has 0 bridgehead atoms. The molecule has 0 radical (unpaired) electrons. The summed E-state index contributed by atoms with van der Waals surface area (Å²) in [6, 6.07) is 11.8. The molecule has 0 spiro atoms. The van der Waals surface area contributed by atoms with Gasteiger partial charge in [0.2, 0.25) is 5.91 Å². The van der Waals surface area contributed by atoms with Gasteiger partial charge < -0.3 is 10.0 Å². The van der Waals surface area contributed by atoms with Crippen molar-refractivity contribution in [2.45, 2.75) is 18.4 Å². The minimum atomic E-state index is -0.748. The molecule has 0 saturated carbocycles. The molecule has 0 unspecified atom stereocenters. The maximum atomic E-state index is 13.4. The molecule has 1 aliphatic heterocycles. The maximum Gasteiger partial charge on any atom is 0.228 e. The highest BCUT2D eigenvalue weighted by Crippen LogP contribution is 2.37. The molecule has 3 nitrogen and oxygen atoms in total. The largest absolute Gasteiger partial charge is 0.394 e. The highest BCUT2D eigenvalue weighted by molar-refractivity contribution is 5.97. The van der Waals surface area contributed by atoms with Crippen molar-refractivity contribution in [2.24, 2.45) is 0 Å². The van der Waals surface area contributed by atoms with E-state index < -0.39 is 17.7 Å². The third-order valence-electron chi connectivity index (χ3n) is 4.00. The van der Waals surface area contributed by atoms with Crippen molar-refractivity contribution in [3.05, 3.63) is 65.7 Å². The van der Waals surface area contributed by atoms with E-state index in [1.807, 2.05) is 30.3 Å². The van der Waals surface area contributed by atoms with Gasteiger partial charge in [-0.3, -0.25) is 4.79 Å². The zero-order valence-corrected chi connectivity index (χ0v) is 11.7. The average molecular weight is 303 g/mol. The predicted molar refractivity (Wildman–Crippen MR) is 78.5 cm³/mol. The number of rotatable bonds is 3. The Labute approximate surface area is 126 Å². The van der Waals surface area contributed by atoms with Crippen molar-refractivity contribution in [3.63, 3.8) is 0 Å². The molecule has 1 amide bonds. The number of benzene rings is 2. The smallest absolute Gasteiger partial charge is 0.228 e. The van der Waals surface area contributed by atoms with Crippen molar-refractivity contribution >= 4 is 11.6 Å². The molecular weight excluding hydrogens is 288 g/mol. The van der Waals surface area contributed by atoms with Crippen molar-refractivity contribution < 1.29 is 18.7 Å². The molecule has 5 heteroatoms. The lowest BCUT2D eigenvalue weighted by Gasteiger charge is -2.27. The molecule has 2 aromatic rings. The number of carbonyl (C=O) groups excluding carboxylic acids is 1. The summed E-state index contributed by atoms with van der Waals surface area (Å²) in [6.07, 6.45) is 0.202. The summed E-state index contributed by atoms with van der Waals surface area (Å²) in [5.41, 5.74) is 1.06. The predicted octanol–water partition coefficient (Wildman–Crippen LogP) is 2.85. The van der Waals surface area contributed by atoms with Gasteiger partial charge in [-0.25, -0.2) is 8.78 Å². The van der Waals surface area contributed by atoms with Gasteiger partial charge in [-0.15, -0.1) is 0 Å². The Kier molecular flexibility index (Phi) is 3.90. The van der Waals surface area contributed by atoms with Crippen LogP contribution in [-0.2, 0) is 4.79 Å². The molecule has 2 aromatic carbocycles. The third-order valence-corrected chi connectivity index (χ3v) is 4.00. The molecule has 1 fully saturated rings. The summed E-state index contributed by atoms with van der Waals surface area (Å²) in [5.74, 6) is -1.95. The van der Waals surface area contributed by atoms with Gasteiger partial charge >= 0.3 is 0 Å². The van der Waals surface area contributed by atoms with Crippen molar-refractivity contribution in [1.82, 2.24) is 0 Å². The van der Waals surface area contributed by atoms with Crippen LogP contribution >= 0.6 is 0 Å². The van der Waals surface area contributed by atoms with Crippen LogP contribution in [-0.4, -0.2) is 23.7 Å². The van der Waals surface area contributed by atoms with Crippen LogP contribution in [0.25, 0.3) is 0 Å². The zero-order valence-electron chi connectivity index (χ0n) is 11.7. The van der Waals surface area contributed by atoms with E-state index in [0.717, 1.165) is 23.8 Å². The fourth-order valence-electron chi connectivity index (χ4n) is 3.05. The number of hydrogen-bond donors (Lipinski definition) is 1. The van der Waals surface area contributed by atoms with Crippen LogP contribution in [0, 0.1) is 11.6 Å². The Morgan fingerprint density at radius 3 is 2.32 bits per heavy atom. The van der Waals surface area contributed by atoms with Crippen LogP contribution in [0.3, 0.4) is 0 Å². The van der Waals surface area contributed by atoms with Gasteiger partial charge in [-0.2, -0.15) is 0 Å². The first-order valence-electron chi connectivity index (χ1n) is 7.04.